The third-order valence-electron chi connectivity index (χ3n) is 6.57. The Morgan fingerprint density at radius 1 is 1.08 bits per heavy atom. The molecule has 0 unspecified atom stereocenters. The molecular formula is C26H26FN5O4S. The molecule has 1 aliphatic heterocycles. The molecule has 0 atom stereocenters. The summed E-state index contributed by atoms with van der Waals surface area (Å²) < 4.78 is 47.7. The Morgan fingerprint density at radius 3 is 2.49 bits per heavy atom. The Balaban J connectivity index is 1.28. The minimum atomic E-state index is -3.62. The smallest absolute Gasteiger partial charge is 0.253 e. The van der Waals surface area contributed by atoms with Gasteiger partial charge in [-0.1, -0.05) is 12.1 Å². The van der Waals surface area contributed by atoms with Gasteiger partial charge in [-0.3, -0.25) is 9.78 Å². The Hall–Kier alpha value is -3.67. The highest BCUT2D eigenvalue weighted by Crippen LogP contribution is 2.23. The summed E-state index contributed by atoms with van der Waals surface area (Å²) in [5, 5.41) is 7.81. The van der Waals surface area contributed by atoms with Gasteiger partial charge in [0, 0.05) is 44.4 Å². The van der Waals surface area contributed by atoms with Gasteiger partial charge in [-0.15, -0.1) is 0 Å². The van der Waals surface area contributed by atoms with E-state index in [2.05, 4.69) is 15.4 Å². The highest BCUT2D eigenvalue weighted by Gasteiger charge is 2.29. The summed E-state index contributed by atoms with van der Waals surface area (Å²) in [6.07, 6.45) is 5.98. The number of halogens is 1. The first kappa shape index (κ1) is 25.0. The van der Waals surface area contributed by atoms with E-state index in [1.807, 2.05) is 0 Å². The number of hydrogen-bond donors (Lipinski definition) is 1. The van der Waals surface area contributed by atoms with Crippen molar-refractivity contribution in [2.75, 3.05) is 20.3 Å². The van der Waals surface area contributed by atoms with Gasteiger partial charge in [0.05, 0.1) is 34.1 Å². The topological polar surface area (TPSA) is 106 Å². The highest BCUT2D eigenvalue weighted by atomic mass is 32.2. The molecule has 0 bridgehead atoms. The Morgan fingerprint density at radius 2 is 1.78 bits per heavy atom. The lowest BCUT2D eigenvalue weighted by Gasteiger charge is -2.30. The number of ether oxygens (including phenoxy) is 1. The summed E-state index contributed by atoms with van der Waals surface area (Å²) in [5.41, 5.74) is 2.36. The van der Waals surface area contributed by atoms with Gasteiger partial charge in [-0.2, -0.15) is 9.40 Å². The van der Waals surface area contributed by atoms with Crippen LogP contribution in [-0.2, 0) is 21.3 Å². The number of pyridine rings is 1. The molecule has 0 spiro atoms. The summed E-state index contributed by atoms with van der Waals surface area (Å²) in [6, 6.07) is 12.3. The molecule has 2 aromatic carbocycles. The van der Waals surface area contributed by atoms with E-state index in [4.69, 9.17) is 4.74 Å². The quantitative estimate of drug-likeness (QED) is 0.399. The predicted octanol–water partition coefficient (Wildman–Crippen LogP) is 3.29. The van der Waals surface area contributed by atoms with E-state index in [-0.39, 0.29) is 29.2 Å². The van der Waals surface area contributed by atoms with Crippen molar-refractivity contribution in [3.05, 3.63) is 84.1 Å². The first-order valence-corrected chi connectivity index (χ1v) is 13.3. The van der Waals surface area contributed by atoms with Gasteiger partial charge >= 0.3 is 0 Å². The summed E-state index contributed by atoms with van der Waals surface area (Å²) in [7, 11) is -2.02. The molecule has 4 aromatic rings. The normalized spacial score (nSPS) is 14.8. The van der Waals surface area contributed by atoms with E-state index in [0.29, 0.717) is 48.2 Å². The first-order valence-electron chi connectivity index (χ1n) is 11.9. The second-order valence-corrected chi connectivity index (χ2v) is 10.8. The van der Waals surface area contributed by atoms with E-state index in [0.717, 1.165) is 5.56 Å². The van der Waals surface area contributed by atoms with E-state index in [1.165, 1.54) is 22.6 Å². The Labute approximate surface area is 213 Å². The number of nitrogens with zero attached hydrogens (tertiary/aromatic N) is 4. The van der Waals surface area contributed by atoms with Crippen LogP contribution in [0.1, 0.15) is 28.8 Å². The molecule has 1 saturated heterocycles. The Kier molecular flexibility index (Phi) is 7.00. The average molecular weight is 524 g/mol. The van der Waals surface area contributed by atoms with Crippen LogP contribution < -0.4 is 5.32 Å². The van der Waals surface area contributed by atoms with Crippen LogP contribution in [0.2, 0.25) is 0 Å². The molecule has 11 heteroatoms. The van der Waals surface area contributed by atoms with Crippen LogP contribution in [0.3, 0.4) is 0 Å². The standard InChI is InChI=1S/C26H26FN5O4S/c1-31(20-10-12-36-13-11-20)37(34,35)22-8-2-18(3-9-22)14-29-26(33)24-15-28-17-25-23(24)16-30-32(25)21-6-4-19(27)5-7-21/h2-9,15-17,20H,10-14H2,1H3,(H,29,33). The van der Waals surface area contributed by atoms with E-state index < -0.39 is 10.0 Å². The number of fused-ring (bicyclic) bond motifs is 1. The number of carbonyl (C=O) groups excluding carboxylic acids is 1. The zero-order chi connectivity index (χ0) is 26.0. The van der Waals surface area contributed by atoms with Crippen molar-refractivity contribution in [3.8, 4) is 5.69 Å². The monoisotopic (exact) mass is 523 g/mol. The van der Waals surface area contributed by atoms with Crippen LogP contribution in [0.5, 0.6) is 0 Å². The maximum atomic E-state index is 13.3. The molecule has 37 heavy (non-hydrogen) atoms. The van der Waals surface area contributed by atoms with Crippen molar-refractivity contribution < 1.29 is 22.3 Å². The molecule has 0 aliphatic carbocycles. The molecule has 192 valence electrons. The number of benzene rings is 2. The van der Waals surface area contributed by atoms with Crippen molar-refractivity contribution in [3.63, 3.8) is 0 Å². The van der Waals surface area contributed by atoms with Gasteiger partial charge < -0.3 is 10.1 Å². The number of rotatable bonds is 7. The molecule has 0 radical (unpaired) electrons. The van der Waals surface area contributed by atoms with Crippen molar-refractivity contribution in [1.82, 2.24) is 24.4 Å². The average Bonchev–Trinajstić information content (AvgIpc) is 3.37. The third kappa shape index (κ3) is 5.10. The van der Waals surface area contributed by atoms with Gasteiger partial charge in [0.1, 0.15) is 5.82 Å². The minimum absolute atomic E-state index is 0.0820. The molecular weight excluding hydrogens is 497 g/mol. The van der Waals surface area contributed by atoms with Crippen LogP contribution in [0.25, 0.3) is 16.6 Å². The van der Waals surface area contributed by atoms with E-state index in [9.17, 15) is 17.6 Å². The lowest BCUT2D eigenvalue weighted by molar-refractivity contribution is 0.0632. The SMILES string of the molecule is CN(C1CCOCC1)S(=O)(=O)c1ccc(CNC(=O)c2cncc3c2cnn3-c2ccc(F)cc2)cc1. The molecule has 1 fully saturated rings. The molecule has 2 aromatic heterocycles. The molecule has 1 N–H and O–H groups in total. The number of carbonyl (C=O) groups is 1. The fourth-order valence-electron chi connectivity index (χ4n) is 4.38. The Bertz CT molecular complexity index is 1520. The largest absolute Gasteiger partial charge is 0.381 e. The van der Waals surface area contributed by atoms with Crippen molar-refractivity contribution in [2.45, 2.75) is 30.3 Å². The molecule has 1 aliphatic rings. The number of amides is 1. The van der Waals surface area contributed by atoms with E-state index in [1.54, 1.807) is 60.5 Å². The van der Waals surface area contributed by atoms with Gasteiger partial charge in [0.15, 0.2) is 0 Å². The molecule has 5 rings (SSSR count). The predicted molar refractivity (Wildman–Crippen MR) is 135 cm³/mol. The number of sulfonamides is 1. The van der Waals surface area contributed by atoms with Crippen LogP contribution in [-0.4, -0.2) is 59.7 Å². The second-order valence-electron chi connectivity index (χ2n) is 8.84. The van der Waals surface area contributed by atoms with Crippen LogP contribution in [0, 0.1) is 5.82 Å². The molecule has 1 amide bonds. The molecule has 3 heterocycles. The minimum Gasteiger partial charge on any atom is -0.381 e. The van der Waals surface area contributed by atoms with Gasteiger partial charge in [-0.25, -0.2) is 17.5 Å². The third-order valence-corrected chi connectivity index (χ3v) is 8.50. The summed E-state index contributed by atoms with van der Waals surface area (Å²) >= 11 is 0. The number of nitrogens with one attached hydrogen (secondary N) is 1. The van der Waals surface area contributed by atoms with Crippen molar-refractivity contribution in [1.29, 1.82) is 0 Å². The highest BCUT2D eigenvalue weighted by molar-refractivity contribution is 7.89. The van der Waals surface area contributed by atoms with Crippen molar-refractivity contribution >= 4 is 26.8 Å². The first-order chi connectivity index (χ1) is 17.8. The lowest BCUT2D eigenvalue weighted by atomic mass is 10.1. The van der Waals surface area contributed by atoms with Gasteiger partial charge in [0.25, 0.3) is 5.91 Å². The summed E-state index contributed by atoms with van der Waals surface area (Å²) in [5.74, 6) is -0.692. The molecule has 9 nitrogen and oxygen atoms in total. The van der Waals surface area contributed by atoms with Crippen LogP contribution >= 0.6 is 0 Å². The van der Waals surface area contributed by atoms with Crippen LogP contribution in [0.15, 0.2) is 72.0 Å². The molecule has 0 saturated carbocycles. The van der Waals surface area contributed by atoms with Crippen molar-refractivity contribution in [2.24, 2.45) is 0 Å². The second kappa shape index (κ2) is 10.4. The maximum absolute atomic E-state index is 13.3. The fourth-order valence-corrected chi connectivity index (χ4v) is 5.79. The maximum Gasteiger partial charge on any atom is 0.253 e. The fraction of sp³-hybridized carbons (Fsp3) is 0.269. The van der Waals surface area contributed by atoms with Gasteiger partial charge in [0.2, 0.25) is 10.0 Å². The number of hydrogen-bond acceptors (Lipinski definition) is 6. The lowest BCUT2D eigenvalue weighted by Crippen LogP contribution is -2.40. The zero-order valence-electron chi connectivity index (χ0n) is 20.2. The van der Waals surface area contributed by atoms with E-state index >= 15 is 0 Å². The zero-order valence-corrected chi connectivity index (χ0v) is 21.0. The summed E-state index contributed by atoms with van der Waals surface area (Å²) in [6.45, 7) is 1.32. The van der Waals surface area contributed by atoms with Gasteiger partial charge in [-0.05, 0) is 54.8 Å². The van der Waals surface area contributed by atoms with Crippen LogP contribution in [0.4, 0.5) is 4.39 Å². The number of aromatic nitrogens is 3. The summed E-state index contributed by atoms with van der Waals surface area (Å²) in [4.78, 5) is 17.4.